The van der Waals surface area contributed by atoms with E-state index in [0.29, 0.717) is 17.5 Å². The predicted octanol–water partition coefficient (Wildman–Crippen LogP) is 15.9. The highest BCUT2D eigenvalue weighted by Gasteiger charge is 2.35. The summed E-state index contributed by atoms with van der Waals surface area (Å²) in [6.45, 7) is 4.69. The number of aromatic nitrogens is 4. The lowest BCUT2D eigenvalue weighted by Gasteiger charge is -2.22. The van der Waals surface area contributed by atoms with Crippen LogP contribution in [0.25, 0.3) is 117 Å². The average Bonchev–Trinajstić information content (AvgIpc) is 3.83. The number of nitrogens with zero attached hydrogens (tertiary/aromatic N) is 4. The first-order valence-electron chi connectivity index (χ1n) is 22.7. The molecule has 0 saturated carbocycles. The van der Waals surface area contributed by atoms with Gasteiger partial charge in [0.2, 0.25) is 0 Å². The average molecular weight is 843 g/mol. The van der Waals surface area contributed by atoms with Crippen molar-refractivity contribution in [3.63, 3.8) is 0 Å². The Balaban J connectivity index is 0.895. The highest BCUT2D eigenvalue weighted by molar-refractivity contribution is 6.10. The molecule has 0 saturated heterocycles. The van der Waals surface area contributed by atoms with Crippen molar-refractivity contribution in [1.29, 1.82) is 0 Å². The van der Waals surface area contributed by atoms with Crippen molar-refractivity contribution in [2.45, 2.75) is 19.3 Å². The van der Waals surface area contributed by atoms with Gasteiger partial charge >= 0.3 is 0 Å². The summed E-state index contributed by atoms with van der Waals surface area (Å²) in [5, 5.41) is 7.08. The fourth-order valence-corrected chi connectivity index (χ4v) is 10.4. The zero-order valence-electron chi connectivity index (χ0n) is 36.6. The van der Waals surface area contributed by atoms with Gasteiger partial charge in [-0.15, -0.1) is 0 Å². The molecule has 0 aliphatic heterocycles. The van der Waals surface area contributed by atoms with Gasteiger partial charge in [0.1, 0.15) is 0 Å². The van der Waals surface area contributed by atoms with Gasteiger partial charge in [-0.05, 0) is 127 Å². The SMILES string of the molecule is CC1(C)c2ccccc2-c2ccc(-c3cccc(-c4ccc5c6ccccc6n(-c6ccc(-c7nc(-c8ccc9ccccc9c8)nc(-c8ccc9ccccc9c8)n7)cc6)c5c4)c3)cc21. The first kappa shape index (κ1) is 38.0. The largest absolute Gasteiger partial charge is 0.309 e. The van der Waals surface area contributed by atoms with Crippen molar-refractivity contribution >= 4 is 43.4 Å². The second-order valence-electron chi connectivity index (χ2n) is 18.1. The van der Waals surface area contributed by atoms with Crippen LogP contribution < -0.4 is 0 Å². The Morgan fingerprint density at radius 3 is 1.52 bits per heavy atom. The van der Waals surface area contributed by atoms with Crippen LogP contribution in [0.5, 0.6) is 0 Å². The summed E-state index contributed by atoms with van der Waals surface area (Å²) in [5.74, 6) is 1.91. The van der Waals surface area contributed by atoms with Gasteiger partial charge < -0.3 is 4.57 Å². The Hall–Kier alpha value is -8.47. The summed E-state index contributed by atoms with van der Waals surface area (Å²) in [7, 11) is 0. The Bertz CT molecular complexity index is 3820. The van der Waals surface area contributed by atoms with Crippen LogP contribution in [0.3, 0.4) is 0 Å². The number of benzene rings is 10. The van der Waals surface area contributed by atoms with Crippen LogP contribution in [0.4, 0.5) is 0 Å². The van der Waals surface area contributed by atoms with Crippen LogP contribution >= 0.6 is 0 Å². The number of rotatable bonds is 6. The molecule has 0 unspecified atom stereocenters. The van der Waals surface area contributed by atoms with Gasteiger partial charge in [0, 0.05) is 38.6 Å². The van der Waals surface area contributed by atoms with Crippen molar-refractivity contribution in [1.82, 2.24) is 19.5 Å². The minimum Gasteiger partial charge on any atom is -0.309 e. The van der Waals surface area contributed by atoms with E-state index in [0.717, 1.165) is 44.2 Å². The number of hydrogen-bond acceptors (Lipinski definition) is 3. The standard InChI is InChI=1S/C62H42N4/c1-62(2)55-20-9-7-18-51(55)52-32-28-46(37-56(52)62)44-16-11-17-45(34-44)47-29-33-54-53-19-8-10-21-57(53)66(58(54)38-47)50-30-26-41(27-31-50)59-63-60(48-24-22-39-12-3-5-14-42(39)35-48)65-61(64-59)49-25-23-40-13-4-6-15-43(40)36-49/h3-38H,1-2H3. The van der Waals surface area contributed by atoms with E-state index in [2.05, 4.69) is 237 Å². The maximum Gasteiger partial charge on any atom is 0.164 e. The molecule has 4 nitrogen and oxygen atoms in total. The molecule has 0 N–H and O–H groups in total. The number of fused-ring (bicyclic) bond motifs is 8. The molecule has 0 bridgehead atoms. The molecule has 1 aliphatic rings. The Kier molecular flexibility index (Phi) is 8.53. The summed E-state index contributed by atoms with van der Waals surface area (Å²) in [6, 6.07) is 78.7. The Morgan fingerprint density at radius 1 is 0.318 bits per heavy atom. The van der Waals surface area contributed by atoms with Gasteiger partial charge in [0.15, 0.2) is 17.5 Å². The zero-order chi connectivity index (χ0) is 43.9. The van der Waals surface area contributed by atoms with Gasteiger partial charge in [0.25, 0.3) is 0 Å². The van der Waals surface area contributed by atoms with Crippen LogP contribution in [0.2, 0.25) is 0 Å². The van der Waals surface area contributed by atoms with Gasteiger partial charge in [-0.1, -0.05) is 172 Å². The molecule has 0 atom stereocenters. The maximum absolute atomic E-state index is 5.14. The van der Waals surface area contributed by atoms with Crippen LogP contribution in [0.15, 0.2) is 218 Å². The van der Waals surface area contributed by atoms with E-state index in [1.165, 1.54) is 66.1 Å². The third kappa shape index (κ3) is 6.17. The molecule has 2 aromatic heterocycles. The molecule has 0 spiro atoms. The number of para-hydroxylation sites is 1. The van der Waals surface area contributed by atoms with E-state index < -0.39 is 0 Å². The molecular formula is C62H42N4. The lowest BCUT2D eigenvalue weighted by Crippen LogP contribution is -2.14. The van der Waals surface area contributed by atoms with E-state index in [9.17, 15) is 0 Å². The molecule has 0 amide bonds. The summed E-state index contributed by atoms with van der Waals surface area (Å²) in [4.78, 5) is 15.4. The van der Waals surface area contributed by atoms with Gasteiger partial charge in [-0.25, -0.2) is 15.0 Å². The second kappa shape index (κ2) is 14.8. The Morgan fingerprint density at radius 2 is 0.818 bits per heavy atom. The van der Waals surface area contributed by atoms with Crippen LogP contribution in [0, 0.1) is 0 Å². The lowest BCUT2D eigenvalue weighted by molar-refractivity contribution is 0.660. The first-order valence-corrected chi connectivity index (χ1v) is 22.7. The van der Waals surface area contributed by atoms with E-state index in [1.807, 2.05) is 0 Å². The summed E-state index contributed by atoms with van der Waals surface area (Å²) in [6.07, 6.45) is 0. The molecule has 4 heteroatoms. The smallest absolute Gasteiger partial charge is 0.164 e. The highest BCUT2D eigenvalue weighted by atomic mass is 15.0. The summed E-state index contributed by atoms with van der Waals surface area (Å²) in [5.41, 5.74) is 16.4. The summed E-state index contributed by atoms with van der Waals surface area (Å²) >= 11 is 0. The van der Waals surface area contributed by atoms with E-state index in [1.54, 1.807) is 0 Å². The molecular weight excluding hydrogens is 801 g/mol. The van der Waals surface area contributed by atoms with E-state index >= 15 is 0 Å². The van der Waals surface area contributed by atoms with Gasteiger partial charge in [0.05, 0.1) is 11.0 Å². The minimum absolute atomic E-state index is 0.0524. The Labute approximate surface area is 383 Å². The van der Waals surface area contributed by atoms with Crippen molar-refractivity contribution in [3.05, 3.63) is 230 Å². The summed E-state index contributed by atoms with van der Waals surface area (Å²) < 4.78 is 2.39. The molecule has 10 aromatic carbocycles. The van der Waals surface area contributed by atoms with E-state index in [4.69, 9.17) is 15.0 Å². The molecule has 0 radical (unpaired) electrons. The third-order valence-corrected chi connectivity index (χ3v) is 13.8. The number of hydrogen-bond donors (Lipinski definition) is 0. The maximum atomic E-state index is 5.14. The molecule has 0 fully saturated rings. The van der Waals surface area contributed by atoms with Crippen molar-refractivity contribution in [2.24, 2.45) is 0 Å². The van der Waals surface area contributed by atoms with Crippen LogP contribution in [-0.4, -0.2) is 19.5 Å². The van der Waals surface area contributed by atoms with Gasteiger partial charge in [-0.3, -0.25) is 0 Å². The van der Waals surface area contributed by atoms with Crippen LogP contribution in [-0.2, 0) is 5.41 Å². The zero-order valence-corrected chi connectivity index (χ0v) is 36.6. The topological polar surface area (TPSA) is 43.6 Å². The fourth-order valence-electron chi connectivity index (χ4n) is 10.4. The van der Waals surface area contributed by atoms with Crippen molar-refractivity contribution in [3.8, 4) is 73.2 Å². The van der Waals surface area contributed by atoms with Crippen LogP contribution in [0.1, 0.15) is 25.0 Å². The first-order chi connectivity index (χ1) is 32.4. The predicted molar refractivity (Wildman–Crippen MR) is 274 cm³/mol. The normalized spacial score (nSPS) is 12.8. The van der Waals surface area contributed by atoms with Crippen molar-refractivity contribution in [2.75, 3.05) is 0 Å². The van der Waals surface area contributed by atoms with Crippen molar-refractivity contribution < 1.29 is 0 Å². The lowest BCUT2D eigenvalue weighted by atomic mass is 9.81. The molecule has 13 rings (SSSR count). The third-order valence-electron chi connectivity index (χ3n) is 13.8. The minimum atomic E-state index is -0.0524. The quantitative estimate of drug-likeness (QED) is 0.167. The molecule has 1 aliphatic carbocycles. The molecule has 66 heavy (non-hydrogen) atoms. The second-order valence-corrected chi connectivity index (χ2v) is 18.1. The van der Waals surface area contributed by atoms with Gasteiger partial charge in [-0.2, -0.15) is 0 Å². The molecule has 12 aromatic rings. The highest BCUT2D eigenvalue weighted by Crippen LogP contribution is 2.49. The monoisotopic (exact) mass is 842 g/mol. The molecule has 310 valence electrons. The molecule has 2 heterocycles. The van der Waals surface area contributed by atoms with E-state index in [-0.39, 0.29) is 5.41 Å². The fraction of sp³-hybridized carbons (Fsp3) is 0.0484.